The summed E-state index contributed by atoms with van der Waals surface area (Å²) in [6.07, 6.45) is 4.45. The van der Waals surface area contributed by atoms with Gasteiger partial charge in [0.1, 0.15) is 5.92 Å². The predicted molar refractivity (Wildman–Crippen MR) is 68.9 cm³/mol. The lowest BCUT2D eigenvalue weighted by molar-refractivity contribution is -0.124. The van der Waals surface area contributed by atoms with Crippen LogP contribution in [0, 0.1) is 11.8 Å². The molecule has 0 aromatic carbocycles. The Morgan fingerprint density at radius 1 is 1.35 bits per heavy atom. The molecule has 0 aliphatic heterocycles. The number of rotatable bonds is 8. The summed E-state index contributed by atoms with van der Waals surface area (Å²) in [5.74, 6) is -0.717. The smallest absolute Gasteiger partial charge is 0.231 e. The van der Waals surface area contributed by atoms with Gasteiger partial charge in [-0.05, 0) is 12.3 Å². The van der Waals surface area contributed by atoms with Crippen molar-refractivity contribution in [3.05, 3.63) is 0 Å². The van der Waals surface area contributed by atoms with Crippen LogP contribution in [-0.4, -0.2) is 23.5 Å². The minimum Gasteiger partial charge on any atom is -0.409 e. The molecular formula is C12H25N3O2. The first kappa shape index (κ1) is 15.7. The van der Waals surface area contributed by atoms with Crippen molar-refractivity contribution >= 4 is 11.7 Å². The van der Waals surface area contributed by atoms with Crippen molar-refractivity contribution in [2.75, 3.05) is 6.54 Å². The molecule has 0 aromatic heterocycles. The number of carbonyl (C=O) groups excluding carboxylic acids is 1. The third kappa shape index (κ3) is 6.14. The maximum Gasteiger partial charge on any atom is 0.231 e. The molecule has 0 aliphatic carbocycles. The summed E-state index contributed by atoms with van der Waals surface area (Å²) in [5.41, 5.74) is 5.51. The van der Waals surface area contributed by atoms with Gasteiger partial charge in [-0.25, -0.2) is 0 Å². The molecule has 0 spiro atoms. The van der Waals surface area contributed by atoms with E-state index in [0.717, 1.165) is 12.8 Å². The monoisotopic (exact) mass is 243 g/mol. The Balaban J connectivity index is 4.08. The first-order valence-electron chi connectivity index (χ1n) is 6.29. The Kier molecular flexibility index (Phi) is 8.19. The highest BCUT2D eigenvalue weighted by Gasteiger charge is 2.26. The molecule has 1 unspecified atom stereocenters. The van der Waals surface area contributed by atoms with Gasteiger partial charge in [0.2, 0.25) is 5.91 Å². The van der Waals surface area contributed by atoms with Crippen LogP contribution in [0.15, 0.2) is 5.16 Å². The summed E-state index contributed by atoms with van der Waals surface area (Å²) in [6, 6.07) is 0. The fourth-order valence-corrected chi connectivity index (χ4v) is 1.71. The molecule has 0 bridgehead atoms. The second-order valence-electron chi connectivity index (χ2n) is 4.60. The van der Waals surface area contributed by atoms with Crippen LogP contribution in [0.25, 0.3) is 0 Å². The zero-order valence-electron chi connectivity index (χ0n) is 11.1. The van der Waals surface area contributed by atoms with Gasteiger partial charge in [-0.1, -0.05) is 45.2 Å². The molecule has 17 heavy (non-hydrogen) atoms. The van der Waals surface area contributed by atoms with Crippen LogP contribution in [0.3, 0.4) is 0 Å². The number of amides is 1. The zero-order valence-corrected chi connectivity index (χ0v) is 11.1. The standard InChI is InChI=1S/C12H25N3O2/c1-4-5-6-7-8-14-12(16)10(9(2)3)11(13)15-17/h9-10,17H,4-8H2,1-3H3,(H2,13,15)(H,14,16). The van der Waals surface area contributed by atoms with E-state index in [-0.39, 0.29) is 17.7 Å². The van der Waals surface area contributed by atoms with E-state index >= 15 is 0 Å². The van der Waals surface area contributed by atoms with Crippen molar-refractivity contribution in [1.29, 1.82) is 0 Å². The van der Waals surface area contributed by atoms with Crippen molar-refractivity contribution in [2.24, 2.45) is 22.7 Å². The molecule has 1 amide bonds. The molecular weight excluding hydrogens is 218 g/mol. The molecule has 0 rings (SSSR count). The van der Waals surface area contributed by atoms with Gasteiger partial charge >= 0.3 is 0 Å². The third-order valence-corrected chi connectivity index (χ3v) is 2.71. The lowest BCUT2D eigenvalue weighted by Gasteiger charge is -2.18. The minimum absolute atomic E-state index is 0.0153. The van der Waals surface area contributed by atoms with E-state index in [0.29, 0.717) is 6.54 Å². The van der Waals surface area contributed by atoms with Gasteiger partial charge in [-0.15, -0.1) is 0 Å². The van der Waals surface area contributed by atoms with Crippen molar-refractivity contribution in [3.63, 3.8) is 0 Å². The molecule has 100 valence electrons. The second kappa shape index (κ2) is 8.84. The molecule has 0 aromatic rings. The summed E-state index contributed by atoms with van der Waals surface area (Å²) in [5, 5.41) is 14.4. The van der Waals surface area contributed by atoms with Crippen molar-refractivity contribution < 1.29 is 10.0 Å². The fourth-order valence-electron chi connectivity index (χ4n) is 1.71. The highest BCUT2D eigenvalue weighted by Crippen LogP contribution is 2.11. The molecule has 0 heterocycles. The lowest BCUT2D eigenvalue weighted by Crippen LogP contribution is -2.42. The Morgan fingerprint density at radius 2 is 2.00 bits per heavy atom. The quantitative estimate of drug-likeness (QED) is 0.199. The predicted octanol–water partition coefficient (Wildman–Crippen LogP) is 1.70. The van der Waals surface area contributed by atoms with Crippen LogP contribution < -0.4 is 11.1 Å². The average Bonchev–Trinajstić information content (AvgIpc) is 2.28. The molecule has 0 saturated carbocycles. The van der Waals surface area contributed by atoms with Crippen molar-refractivity contribution in [3.8, 4) is 0 Å². The second-order valence-corrected chi connectivity index (χ2v) is 4.60. The van der Waals surface area contributed by atoms with Gasteiger partial charge in [-0.2, -0.15) is 0 Å². The molecule has 0 radical (unpaired) electrons. The van der Waals surface area contributed by atoms with Gasteiger partial charge in [-0.3, -0.25) is 4.79 Å². The normalized spacial score (nSPS) is 13.8. The Morgan fingerprint density at radius 3 is 2.47 bits per heavy atom. The average molecular weight is 243 g/mol. The van der Waals surface area contributed by atoms with E-state index in [9.17, 15) is 4.79 Å². The molecule has 4 N–H and O–H groups in total. The number of hydrogen-bond donors (Lipinski definition) is 3. The number of hydrogen-bond acceptors (Lipinski definition) is 3. The number of nitrogens with one attached hydrogen (secondary N) is 1. The topological polar surface area (TPSA) is 87.7 Å². The summed E-state index contributed by atoms with van der Waals surface area (Å²) in [7, 11) is 0. The first-order valence-corrected chi connectivity index (χ1v) is 6.29. The van der Waals surface area contributed by atoms with E-state index in [4.69, 9.17) is 10.9 Å². The van der Waals surface area contributed by atoms with E-state index in [2.05, 4.69) is 17.4 Å². The molecule has 5 heteroatoms. The van der Waals surface area contributed by atoms with Gasteiger partial charge in [0, 0.05) is 6.54 Å². The fraction of sp³-hybridized carbons (Fsp3) is 0.833. The van der Waals surface area contributed by atoms with Crippen LogP contribution in [0.2, 0.25) is 0 Å². The number of oxime groups is 1. The molecule has 0 fully saturated rings. The molecule has 0 aliphatic rings. The van der Waals surface area contributed by atoms with Gasteiger partial charge < -0.3 is 16.3 Å². The van der Waals surface area contributed by atoms with E-state index in [1.807, 2.05) is 13.8 Å². The van der Waals surface area contributed by atoms with Crippen LogP contribution in [-0.2, 0) is 4.79 Å². The number of carbonyl (C=O) groups is 1. The van der Waals surface area contributed by atoms with E-state index in [1.165, 1.54) is 12.8 Å². The summed E-state index contributed by atoms with van der Waals surface area (Å²) < 4.78 is 0. The maximum atomic E-state index is 11.8. The number of nitrogens with zero attached hydrogens (tertiary/aromatic N) is 1. The van der Waals surface area contributed by atoms with Gasteiger partial charge in [0.05, 0.1) is 0 Å². The maximum absolute atomic E-state index is 11.8. The number of amidine groups is 1. The molecule has 0 saturated heterocycles. The van der Waals surface area contributed by atoms with Crippen LogP contribution in [0.5, 0.6) is 0 Å². The Labute approximate surface area is 103 Å². The number of unbranched alkanes of at least 4 members (excludes halogenated alkanes) is 3. The highest BCUT2D eigenvalue weighted by atomic mass is 16.4. The first-order chi connectivity index (χ1) is 8.04. The van der Waals surface area contributed by atoms with Crippen molar-refractivity contribution in [2.45, 2.75) is 46.5 Å². The zero-order chi connectivity index (χ0) is 13.3. The van der Waals surface area contributed by atoms with Crippen LogP contribution >= 0.6 is 0 Å². The van der Waals surface area contributed by atoms with E-state index in [1.54, 1.807) is 0 Å². The lowest BCUT2D eigenvalue weighted by atomic mass is 9.94. The van der Waals surface area contributed by atoms with Crippen LogP contribution in [0.1, 0.15) is 46.5 Å². The molecule has 1 atom stereocenters. The Bertz CT molecular complexity index is 252. The summed E-state index contributed by atoms with van der Waals surface area (Å²) in [4.78, 5) is 11.8. The Hall–Kier alpha value is -1.26. The molecule has 5 nitrogen and oxygen atoms in total. The van der Waals surface area contributed by atoms with Gasteiger partial charge in [0.25, 0.3) is 0 Å². The number of nitrogens with two attached hydrogens (primary N) is 1. The SMILES string of the molecule is CCCCCCNC(=O)C(C(N)=NO)C(C)C. The summed E-state index contributed by atoms with van der Waals surface area (Å²) >= 11 is 0. The third-order valence-electron chi connectivity index (χ3n) is 2.71. The highest BCUT2D eigenvalue weighted by molar-refractivity contribution is 6.02. The minimum atomic E-state index is -0.550. The van der Waals surface area contributed by atoms with Crippen LogP contribution in [0.4, 0.5) is 0 Å². The largest absolute Gasteiger partial charge is 0.409 e. The van der Waals surface area contributed by atoms with E-state index < -0.39 is 5.92 Å². The van der Waals surface area contributed by atoms with Crippen molar-refractivity contribution in [1.82, 2.24) is 5.32 Å². The summed E-state index contributed by atoms with van der Waals surface area (Å²) in [6.45, 7) is 6.55. The van der Waals surface area contributed by atoms with Gasteiger partial charge in [0.15, 0.2) is 5.84 Å².